The molecule has 0 unspecified atom stereocenters. The van der Waals surface area contributed by atoms with Crippen molar-refractivity contribution in [3.05, 3.63) is 56.6 Å². The van der Waals surface area contributed by atoms with E-state index in [0.29, 0.717) is 11.8 Å². The van der Waals surface area contributed by atoms with E-state index in [1.54, 1.807) is 0 Å². The zero-order valence-corrected chi connectivity index (χ0v) is 14.0. The molecule has 3 rings (SSSR count). The first-order valence-corrected chi connectivity index (χ1v) is 7.87. The van der Waals surface area contributed by atoms with Gasteiger partial charge in [0, 0.05) is 6.08 Å². The molecule has 0 radical (unpaired) electrons. The molecule has 1 aliphatic heterocycles. The third kappa shape index (κ3) is 3.37. The van der Waals surface area contributed by atoms with Crippen LogP contribution in [0, 0.1) is 10.1 Å². The van der Waals surface area contributed by atoms with Gasteiger partial charge < -0.3 is 13.6 Å². The lowest BCUT2D eigenvalue weighted by Crippen LogP contribution is -2.27. The van der Waals surface area contributed by atoms with Crippen LogP contribution in [0.4, 0.5) is 10.7 Å². The van der Waals surface area contributed by atoms with Crippen LogP contribution in [0.5, 0.6) is 0 Å². The predicted octanol–water partition coefficient (Wildman–Crippen LogP) is 2.80. The number of hydrogen-bond donors (Lipinski definition) is 0. The number of carbonyl (C=O) groups is 3. The normalized spacial score (nSPS) is 15.7. The van der Waals surface area contributed by atoms with E-state index in [1.807, 2.05) is 0 Å². The number of furan rings is 2. The minimum Gasteiger partial charge on any atom is -0.463 e. The van der Waals surface area contributed by atoms with Crippen molar-refractivity contribution in [2.75, 3.05) is 7.11 Å². The third-order valence-electron chi connectivity index (χ3n) is 3.30. The number of thioether (sulfide) groups is 1. The molecule has 2 aromatic rings. The molecule has 134 valence electrons. The lowest BCUT2D eigenvalue weighted by atomic mass is 10.3. The highest BCUT2D eigenvalue weighted by atomic mass is 32.2. The van der Waals surface area contributed by atoms with Crippen molar-refractivity contribution < 1.29 is 32.9 Å². The van der Waals surface area contributed by atoms with Gasteiger partial charge in [0.15, 0.2) is 0 Å². The molecular formula is C15H10N2O8S. The molecule has 0 aromatic carbocycles. The van der Waals surface area contributed by atoms with Gasteiger partial charge in [-0.25, -0.2) is 4.79 Å². The molecule has 10 nitrogen and oxygen atoms in total. The van der Waals surface area contributed by atoms with Crippen molar-refractivity contribution in [1.82, 2.24) is 4.90 Å². The maximum Gasteiger partial charge on any atom is 0.433 e. The number of nitrogens with zero attached hydrogens (tertiary/aromatic N) is 2. The number of nitro groups is 1. The molecule has 0 N–H and O–H groups in total. The van der Waals surface area contributed by atoms with E-state index in [9.17, 15) is 24.5 Å². The number of ether oxygens (including phenoxy) is 1. The number of methoxy groups -OCH3 is 1. The molecule has 1 fully saturated rings. The van der Waals surface area contributed by atoms with Crippen LogP contribution in [0.1, 0.15) is 22.1 Å². The highest BCUT2D eigenvalue weighted by Gasteiger charge is 2.36. The summed E-state index contributed by atoms with van der Waals surface area (Å²) in [5, 5.41) is 10.1. The van der Waals surface area contributed by atoms with Crippen LogP contribution in [0.15, 0.2) is 38.0 Å². The Morgan fingerprint density at radius 3 is 2.73 bits per heavy atom. The summed E-state index contributed by atoms with van der Waals surface area (Å²) in [4.78, 5) is 46.7. The highest BCUT2D eigenvalue weighted by Crippen LogP contribution is 2.34. The molecule has 3 heterocycles. The van der Waals surface area contributed by atoms with Gasteiger partial charge >= 0.3 is 11.9 Å². The summed E-state index contributed by atoms with van der Waals surface area (Å²) >= 11 is 0.667. The van der Waals surface area contributed by atoms with E-state index in [-0.39, 0.29) is 28.7 Å². The Morgan fingerprint density at radius 2 is 2.08 bits per heavy atom. The van der Waals surface area contributed by atoms with Crippen molar-refractivity contribution in [3.8, 4) is 0 Å². The van der Waals surface area contributed by atoms with E-state index in [1.165, 1.54) is 31.4 Å². The summed E-state index contributed by atoms with van der Waals surface area (Å²) < 4.78 is 14.7. The summed E-state index contributed by atoms with van der Waals surface area (Å²) in [7, 11) is 1.20. The standard InChI is InChI=1S/C15H10N2O8S/c1-23-14(19)10-4-2-9(24-10)7-16-13(18)11(26-15(16)20)6-8-3-5-12(25-8)17(21)22/h2-6H,7H2,1H3/b11-6+. The number of amides is 2. The second-order valence-corrected chi connectivity index (χ2v) is 5.95. The van der Waals surface area contributed by atoms with Gasteiger partial charge in [-0.05, 0) is 30.0 Å². The molecule has 0 spiro atoms. The maximum atomic E-state index is 12.4. The van der Waals surface area contributed by atoms with Crippen molar-refractivity contribution >= 4 is 40.8 Å². The highest BCUT2D eigenvalue weighted by molar-refractivity contribution is 8.18. The zero-order chi connectivity index (χ0) is 18.8. The van der Waals surface area contributed by atoms with Crippen LogP contribution in [0.3, 0.4) is 0 Å². The maximum absolute atomic E-state index is 12.4. The summed E-state index contributed by atoms with van der Waals surface area (Å²) in [6.07, 6.45) is 1.25. The Balaban J connectivity index is 1.76. The third-order valence-corrected chi connectivity index (χ3v) is 4.21. The fourth-order valence-corrected chi connectivity index (χ4v) is 2.93. The quantitative estimate of drug-likeness (QED) is 0.333. The minimum absolute atomic E-state index is 0.0482. The Bertz CT molecular complexity index is 941. The average Bonchev–Trinajstić information content (AvgIpc) is 3.31. The molecule has 0 bridgehead atoms. The molecule has 2 amide bonds. The van der Waals surface area contributed by atoms with Crippen LogP contribution in [-0.4, -0.2) is 34.0 Å². The molecule has 1 saturated heterocycles. The van der Waals surface area contributed by atoms with Crippen LogP contribution in [0.2, 0.25) is 0 Å². The van der Waals surface area contributed by atoms with E-state index in [0.717, 1.165) is 11.0 Å². The molecular weight excluding hydrogens is 368 g/mol. The molecule has 0 aliphatic carbocycles. The van der Waals surface area contributed by atoms with Gasteiger partial charge in [0.1, 0.15) is 16.4 Å². The predicted molar refractivity (Wildman–Crippen MR) is 86.9 cm³/mol. The van der Waals surface area contributed by atoms with Crippen LogP contribution in [-0.2, 0) is 16.1 Å². The molecule has 0 saturated carbocycles. The first-order valence-electron chi connectivity index (χ1n) is 7.05. The monoisotopic (exact) mass is 378 g/mol. The van der Waals surface area contributed by atoms with E-state index in [4.69, 9.17) is 8.83 Å². The first kappa shape index (κ1) is 17.5. The zero-order valence-electron chi connectivity index (χ0n) is 13.2. The van der Waals surface area contributed by atoms with E-state index >= 15 is 0 Å². The Kier molecular flexibility index (Phi) is 4.63. The SMILES string of the molecule is COC(=O)c1ccc(CN2C(=O)S/C(=C/c3ccc([N+](=O)[O-])o3)C2=O)o1. The number of esters is 1. The van der Waals surface area contributed by atoms with Crippen LogP contribution < -0.4 is 0 Å². The van der Waals surface area contributed by atoms with Crippen molar-refractivity contribution in [2.45, 2.75) is 6.54 Å². The number of rotatable bonds is 5. The topological polar surface area (TPSA) is 133 Å². The second kappa shape index (κ2) is 6.88. The second-order valence-electron chi connectivity index (χ2n) is 4.96. The smallest absolute Gasteiger partial charge is 0.433 e. The van der Waals surface area contributed by atoms with Crippen molar-refractivity contribution in [2.24, 2.45) is 0 Å². The fraction of sp³-hybridized carbons (Fsp3) is 0.133. The van der Waals surface area contributed by atoms with Gasteiger partial charge in [-0.1, -0.05) is 0 Å². The molecule has 26 heavy (non-hydrogen) atoms. The number of imide groups is 1. The number of hydrogen-bond acceptors (Lipinski definition) is 9. The van der Waals surface area contributed by atoms with Gasteiger partial charge in [-0.3, -0.25) is 24.6 Å². The van der Waals surface area contributed by atoms with Gasteiger partial charge in [-0.2, -0.15) is 0 Å². The lowest BCUT2D eigenvalue weighted by molar-refractivity contribution is -0.402. The lowest BCUT2D eigenvalue weighted by Gasteiger charge is -2.09. The van der Waals surface area contributed by atoms with Gasteiger partial charge in [0.2, 0.25) is 5.76 Å². The van der Waals surface area contributed by atoms with Crippen LogP contribution in [0.25, 0.3) is 6.08 Å². The molecule has 0 atom stereocenters. The minimum atomic E-state index is -0.709. The van der Waals surface area contributed by atoms with E-state index < -0.39 is 27.9 Å². The van der Waals surface area contributed by atoms with Gasteiger partial charge in [-0.15, -0.1) is 0 Å². The summed E-state index contributed by atoms with van der Waals surface area (Å²) in [6.45, 7) is -0.169. The summed E-state index contributed by atoms with van der Waals surface area (Å²) in [5.74, 6) is -1.50. The summed E-state index contributed by atoms with van der Waals surface area (Å²) in [5.41, 5.74) is 0. The largest absolute Gasteiger partial charge is 0.463 e. The Hall–Kier alpha value is -3.34. The Morgan fingerprint density at radius 1 is 1.31 bits per heavy atom. The average molecular weight is 378 g/mol. The number of carbonyl (C=O) groups excluding carboxylic acids is 3. The Labute approximate surface area is 149 Å². The van der Waals surface area contributed by atoms with Crippen molar-refractivity contribution in [1.29, 1.82) is 0 Å². The fourth-order valence-electron chi connectivity index (χ4n) is 2.11. The first-order chi connectivity index (χ1) is 12.4. The van der Waals surface area contributed by atoms with Gasteiger partial charge in [0.25, 0.3) is 11.1 Å². The molecule has 2 aromatic heterocycles. The van der Waals surface area contributed by atoms with Crippen LogP contribution >= 0.6 is 11.8 Å². The molecule has 1 aliphatic rings. The van der Waals surface area contributed by atoms with Crippen molar-refractivity contribution in [3.63, 3.8) is 0 Å². The molecule has 11 heteroatoms. The van der Waals surface area contributed by atoms with Gasteiger partial charge in [0.05, 0.1) is 24.6 Å². The van der Waals surface area contributed by atoms with E-state index in [2.05, 4.69) is 4.74 Å². The summed E-state index contributed by atoms with van der Waals surface area (Å²) in [6, 6.07) is 5.29.